The van der Waals surface area contributed by atoms with E-state index in [1.165, 1.54) is 31.3 Å². The maximum atomic E-state index is 5.09. The molecule has 0 amide bonds. The van der Waals surface area contributed by atoms with Gasteiger partial charge >= 0.3 is 0 Å². The summed E-state index contributed by atoms with van der Waals surface area (Å²) in [6.07, 6.45) is 0. The van der Waals surface area contributed by atoms with Crippen molar-refractivity contribution in [1.82, 2.24) is 19.9 Å². The second-order valence-corrected chi connectivity index (χ2v) is 16.1. The summed E-state index contributed by atoms with van der Waals surface area (Å²) in [5.41, 5.74) is 14.3. The lowest BCUT2D eigenvalue weighted by molar-refractivity contribution is 1.18. The van der Waals surface area contributed by atoms with Crippen LogP contribution in [0.15, 0.2) is 218 Å². The van der Waals surface area contributed by atoms with Gasteiger partial charge in [0.05, 0.1) is 22.8 Å². The van der Waals surface area contributed by atoms with Crippen LogP contribution < -0.4 is 0 Å². The third-order valence-electron chi connectivity index (χ3n) is 11.2. The Bertz CT molecular complexity index is 3200. The lowest BCUT2D eigenvalue weighted by Gasteiger charge is -2.14. The Balaban J connectivity index is 1.01. The molecular formula is C56H36N4S. The molecule has 0 spiro atoms. The van der Waals surface area contributed by atoms with Crippen molar-refractivity contribution >= 4 is 31.5 Å². The number of fused-ring (bicyclic) bond motifs is 3. The van der Waals surface area contributed by atoms with Gasteiger partial charge in [-0.25, -0.2) is 19.9 Å². The molecule has 0 atom stereocenters. The molecule has 3 heterocycles. The maximum Gasteiger partial charge on any atom is 0.160 e. The molecule has 0 unspecified atom stereocenters. The first-order chi connectivity index (χ1) is 30.2. The van der Waals surface area contributed by atoms with Crippen molar-refractivity contribution in [3.05, 3.63) is 218 Å². The average molecular weight is 797 g/mol. The molecular weight excluding hydrogens is 761 g/mol. The van der Waals surface area contributed by atoms with Crippen molar-refractivity contribution in [2.24, 2.45) is 0 Å². The molecule has 0 fully saturated rings. The Labute approximate surface area is 358 Å². The molecule has 0 aliphatic rings. The van der Waals surface area contributed by atoms with E-state index in [2.05, 4.69) is 146 Å². The summed E-state index contributed by atoms with van der Waals surface area (Å²) in [6, 6.07) is 76.3. The molecule has 0 radical (unpaired) electrons. The van der Waals surface area contributed by atoms with E-state index in [9.17, 15) is 0 Å². The lowest BCUT2D eigenvalue weighted by Crippen LogP contribution is -1.96. The zero-order chi connectivity index (χ0) is 40.5. The van der Waals surface area contributed by atoms with E-state index in [1.807, 2.05) is 84.1 Å². The molecule has 4 nitrogen and oxygen atoms in total. The molecule has 0 N–H and O–H groups in total. The Hall–Kier alpha value is -7.86. The van der Waals surface area contributed by atoms with Crippen LogP contribution in [0, 0.1) is 0 Å². The topological polar surface area (TPSA) is 51.6 Å². The molecule has 11 rings (SSSR count). The fraction of sp³-hybridized carbons (Fsp3) is 0. The number of thiophene rings is 1. The Morgan fingerprint density at radius 2 is 0.590 bits per heavy atom. The van der Waals surface area contributed by atoms with Crippen molar-refractivity contribution in [1.29, 1.82) is 0 Å². The van der Waals surface area contributed by atoms with Crippen LogP contribution in [-0.2, 0) is 0 Å². The number of aromatic nitrogens is 4. The van der Waals surface area contributed by atoms with Gasteiger partial charge in [0.1, 0.15) is 0 Å². The largest absolute Gasteiger partial charge is 0.228 e. The summed E-state index contributed by atoms with van der Waals surface area (Å²) in [5, 5.41) is 2.53. The Morgan fingerprint density at radius 1 is 0.246 bits per heavy atom. The van der Waals surface area contributed by atoms with E-state index < -0.39 is 0 Å². The zero-order valence-corrected chi connectivity index (χ0v) is 33.8. The van der Waals surface area contributed by atoms with Crippen LogP contribution in [-0.4, -0.2) is 19.9 Å². The van der Waals surface area contributed by atoms with Crippen molar-refractivity contribution in [2.45, 2.75) is 0 Å². The quantitative estimate of drug-likeness (QED) is 0.154. The summed E-state index contributed by atoms with van der Waals surface area (Å²) < 4.78 is 2.54. The standard InChI is InChI=1S/C56H36N4S/c1-5-15-39(16-6-1)49-35-50(40-17-7-2-8-18-40)59-56(58-49)44-31-27-38(28-32-44)47-34-54-48(45-23-13-14-24-53(45)61-54)33-46(47)37-25-29-42(30-26-37)52-36-51(41-19-9-3-10-20-41)57-55(60-52)43-21-11-4-12-22-43/h1-36H. The number of hydrogen-bond acceptors (Lipinski definition) is 5. The van der Waals surface area contributed by atoms with Crippen LogP contribution in [0.5, 0.6) is 0 Å². The van der Waals surface area contributed by atoms with Gasteiger partial charge in [-0.05, 0) is 52.6 Å². The number of hydrogen-bond donors (Lipinski definition) is 0. The van der Waals surface area contributed by atoms with Crippen molar-refractivity contribution in [2.75, 3.05) is 0 Å². The van der Waals surface area contributed by atoms with E-state index in [4.69, 9.17) is 19.9 Å². The average Bonchev–Trinajstić information content (AvgIpc) is 3.72. The zero-order valence-electron chi connectivity index (χ0n) is 33.0. The minimum atomic E-state index is 0.693. The van der Waals surface area contributed by atoms with E-state index in [1.54, 1.807) is 0 Å². The van der Waals surface area contributed by atoms with Crippen LogP contribution in [0.2, 0.25) is 0 Å². The van der Waals surface area contributed by atoms with Crippen LogP contribution in [0.4, 0.5) is 0 Å². The van der Waals surface area contributed by atoms with Crippen LogP contribution in [0.3, 0.4) is 0 Å². The molecule has 0 aliphatic heterocycles. The van der Waals surface area contributed by atoms with Gasteiger partial charge in [0.2, 0.25) is 0 Å². The Morgan fingerprint density at radius 3 is 1.07 bits per heavy atom. The summed E-state index contributed by atoms with van der Waals surface area (Å²) in [7, 11) is 0. The normalized spacial score (nSPS) is 11.3. The molecule has 11 aromatic rings. The highest BCUT2D eigenvalue weighted by Crippen LogP contribution is 2.43. The second-order valence-electron chi connectivity index (χ2n) is 15.0. The molecule has 61 heavy (non-hydrogen) atoms. The van der Waals surface area contributed by atoms with E-state index in [-0.39, 0.29) is 0 Å². The van der Waals surface area contributed by atoms with Crippen molar-refractivity contribution < 1.29 is 0 Å². The SMILES string of the molecule is c1ccc(-c2cc(-c3ccc(-c4cc5c(cc4-c4ccc(-c6nc(-c7ccccc7)cc(-c7ccccc7)n6)cc4)sc4ccccc45)cc3)nc(-c3ccccc3)n2)cc1. The van der Waals surface area contributed by atoms with E-state index >= 15 is 0 Å². The molecule has 0 saturated carbocycles. The molecule has 5 heteroatoms. The number of nitrogens with zero attached hydrogens (tertiary/aromatic N) is 4. The first-order valence-corrected chi connectivity index (χ1v) is 21.2. The number of benzene rings is 8. The van der Waals surface area contributed by atoms with E-state index in [0.29, 0.717) is 11.6 Å². The van der Waals surface area contributed by atoms with Gasteiger partial charge in [0.25, 0.3) is 0 Å². The summed E-state index contributed by atoms with van der Waals surface area (Å²) in [4.78, 5) is 20.3. The van der Waals surface area contributed by atoms with Crippen LogP contribution in [0.25, 0.3) is 110 Å². The monoisotopic (exact) mass is 796 g/mol. The smallest absolute Gasteiger partial charge is 0.160 e. The highest BCUT2D eigenvalue weighted by Gasteiger charge is 2.17. The highest BCUT2D eigenvalue weighted by atomic mass is 32.1. The van der Waals surface area contributed by atoms with Gasteiger partial charge in [-0.2, -0.15) is 0 Å². The fourth-order valence-corrected chi connectivity index (χ4v) is 9.15. The molecule has 8 aromatic carbocycles. The highest BCUT2D eigenvalue weighted by molar-refractivity contribution is 7.25. The van der Waals surface area contributed by atoms with Gasteiger partial charge in [0.15, 0.2) is 11.6 Å². The van der Waals surface area contributed by atoms with Crippen molar-refractivity contribution in [3.8, 4) is 90.1 Å². The predicted octanol–water partition coefficient (Wildman–Crippen LogP) is 15.0. The van der Waals surface area contributed by atoms with E-state index in [0.717, 1.165) is 67.3 Å². The lowest BCUT2D eigenvalue weighted by atomic mass is 9.91. The van der Waals surface area contributed by atoms with Gasteiger partial charge in [-0.1, -0.05) is 188 Å². The molecule has 0 bridgehead atoms. The molecule has 0 aliphatic carbocycles. The van der Waals surface area contributed by atoms with Crippen LogP contribution >= 0.6 is 11.3 Å². The predicted molar refractivity (Wildman–Crippen MR) is 254 cm³/mol. The third-order valence-corrected chi connectivity index (χ3v) is 12.3. The van der Waals surface area contributed by atoms with Crippen LogP contribution in [0.1, 0.15) is 0 Å². The maximum absolute atomic E-state index is 5.09. The molecule has 286 valence electrons. The van der Waals surface area contributed by atoms with Crippen molar-refractivity contribution in [3.63, 3.8) is 0 Å². The summed E-state index contributed by atoms with van der Waals surface area (Å²) in [5.74, 6) is 1.40. The van der Waals surface area contributed by atoms with Gasteiger partial charge in [-0.15, -0.1) is 11.3 Å². The summed E-state index contributed by atoms with van der Waals surface area (Å²) >= 11 is 1.84. The Kier molecular flexibility index (Phi) is 9.34. The van der Waals surface area contributed by atoms with Gasteiger partial charge < -0.3 is 0 Å². The first-order valence-electron chi connectivity index (χ1n) is 20.4. The van der Waals surface area contributed by atoms with Gasteiger partial charge in [-0.3, -0.25) is 0 Å². The molecule has 3 aromatic heterocycles. The minimum absolute atomic E-state index is 0.693. The summed E-state index contributed by atoms with van der Waals surface area (Å²) in [6.45, 7) is 0. The first kappa shape index (κ1) is 36.2. The second kappa shape index (κ2) is 15.7. The number of rotatable bonds is 8. The van der Waals surface area contributed by atoms with Gasteiger partial charge in [0, 0.05) is 53.6 Å². The minimum Gasteiger partial charge on any atom is -0.228 e. The molecule has 0 saturated heterocycles. The fourth-order valence-electron chi connectivity index (χ4n) is 8.03. The third kappa shape index (κ3) is 7.18.